The van der Waals surface area contributed by atoms with Gasteiger partial charge in [-0.2, -0.15) is 0 Å². The topological polar surface area (TPSA) is 35.5 Å². The Morgan fingerprint density at radius 1 is 1.07 bits per heavy atom. The molecule has 1 saturated carbocycles. The molecule has 0 spiro atoms. The number of ether oxygens (including phenoxy) is 1. The van der Waals surface area contributed by atoms with Crippen molar-refractivity contribution in [3.63, 3.8) is 0 Å². The fourth-order valence-electron chi connectivity index (χ4n) is 4.97. The normalized spacial score (nSPS) is 20.4. The van der Waals surface area contributed by atoms with Crippen molar-refractivity contribution in [3.8, 4) is 0 Å². The van der Waals surface area contributed by atoms with Crippen LogP contribution in [0.3, 0.4) is 0 Å². The molecule has 1 aliphatic carbocycles. The van der Waals surface area contributed by atoms with Gasteiger partial charge in [0.25, 0.3) is 0 Å². The minimum atomic E-state index is -2.05. The summed E-state index contributed by atoms with van der Waals surface area (Å²) in [4.78, 5) is 12.3. The first kappa shape index (κ1) is 23.6. The highest BCUT2D eigenvalue weighted by atomic mass is 28.4. The van der Waals surface area contributed by atoms with E-state index in [4.69, 9.17) is 9.16 Å². The number of hydrogen-bond acceptors (Lipinski definition) is 3. The minimum Gasteiger partial charge on any atom is -0.463 e. The van der Waals surface area contributed by atoms with E-state index in [1.54, 1.807) is 6.08 Å². The zero-order valence-electron chi connectivity index (χ0n) is 19.2. The molecule has 0 N–H and O–H groups in total. The quantitative estimate of drug-likeness (QED) is 0.263. The van der Waals surface area contributed by atoms with Crippen molar-refractivity contribution in [3.05, 3.63) is 53.1 Å². The molecule has 4 heteroatoms. The molecule has 0 saturated heterocycles. The fourth-order valence-corrected chi connectivity index (χ4v) is 10.5. The van der Waals surface area contributed by atoms with Crippen LogP contribution in [-0.2, 0) is 14.0 Å². The van der Waals surface area contributed by atoms with Gasteiger partial charge in [0.05, 0.1) is 12.7 Å². The number of hydrogen-bond donors (Lipinski definition) is 0. The van der Waals surface area contributed by atoms with Gasteiger partial charge in [-0.05, 0) is 53.1 Å². The molecule has 3 nitrogen and oxygen atoms in total. The van der Waals surface area contributed by atoms with Crippen LogP contribution in [-0.4, -0.2) is 27.0 Å². The smallest absolute Gasteiger partial charge is 0.331 e. The number of carbonyl (C=O) groups excluding carboxylic acids is 1. The Hall–Kier alpha value is -1.65. The van der Waals surface area contributed by atoms with Crippen LogP contribution in [0.5, 0.6) is 0 Å². The van der Waals surface area contributed by atoms with Gasteiger partial charge in [0.2, 0.25) is 8.32 Å². The summed E-state index contributed by atoms with van der Waals surface area (Å²) in [6.07, 6.45) is 5.68. The third kappa shape index (κ3) is 5.49. The van der Waals surface area contributed by atoms with E-state index >= 15 is 0 Å². The molecule has 1 unspecified atom stereocenters. The van der Waals surface area contributed by atoms with E-state index < -0.39 is 8.32 Å². The largest absolute Gasteiger partial charge is 0.463 e. The van der Waals surface area contributed by atoms with Gasteiger partial charge in [0.1, 0.15) is 0 Å². The Morgan fingerprint density at radius 2 is 1.66 bits per heavy atom. The molecule has 0 bridgehead atoms. The van der Waals surface area contributed by atoms with Crippen molar-refractivity contribution in [2.24, 2.45) is 0 Å². The molecule has 0 aromatic heterocycles. The van der Waals surface area contributed by atoms with E-state index in [1.807, 2.05) is 25.1 Å². The standard InChI is InChI=1S/C25H38O3Si/c1-8-27-25(26)17-23-22(16-21-12-10-9-11-13-21)14-15-24(23)28-29(18(2)3,19(4)5)20(6)7/h9-13,16-20,24H,8,14-15H2,1-7H3/b22-16+,23-17-. The molecule has 1 fully saturated rings. The maximum absolute atomic E-state index is 12.3. The lowest BCUT2D eigenvalue weighted by molar-refractivity contribution is -0.137. The van der Waals surface area contributed by atoms with Crippen molar-refractivity contribution in [2.45, 2.75) is 84.0 Å². The minimum absolute atomic E-state index is 0.0340. The first-order valence-corrected chi connectivity index (χ1v) is 13.2. The van der Waals surface area contributed by atoms with Crippen LogP contribution in [0, 0.1) is 0 Å². The van der Waals surface area contributed by atoms with Crippen LogP contribution in [0.1, 0.15) is 66.9 Å². The van der Waals surface area contributed by atoms with Crippen LogP contribution < -0.4 is 0 Å². The highest BCUT2D eigenvalue weighted by Gasteiger charge is 2.48. The second-order valence-corrected chi connectivity index (χ2v) is 14.3. The predicted octanol–water partition coefficient (Wildman–Crippen LogP) is 6.91. The van der Waals surface area contributed by atoms with Crippen LogP contribution in [0.2, 0.25) is 16.6 Å². The molecule has 0 radical (unpaired) electrons. The highest BCUT2D eigenvalue weighted by molar-refractivity contribution is 6.77. The van der Waals surface area contributed by atoms with Crippen LogP contribution in [0.15, 0.2) is 47.6 Å². The summed E-state index contributed by atoms with van der Waals surface area (Å²) in [5.74, 6) is -0.275. The van der Waals surface area contributed by atoms with Gasteiger partial charge in [-0.1, -0.05) is 78.0 Å². The average Bonchev–Trinajstić information content (AvgIpc) is 3.01. The van der Waals surface area contributed by atoms with Crippen molar-refractivity contribution in [1.29, 1.82) is 0 Å². The molecule has 0 heterocycles. The maximum Gasteiger partial charge on any atom is 0.331 e. The summed E-state index contributed by atoms with van der Waals surface area (Å²) in [5.41, 5.74) is 4.87. The van der Waals surface area contributed by atoms with Crippen LogP contribution in [0.4, 0.5) is 0 Å². The molecule has 2 rings (SSSR count). The van der Waals surface area contributed by atoms with Crippen molar-refractivity contribution in [1.82, 2.24) is 0 Å². The van der Waals surface area contributed by atoms with E-state index in [9.17, 15) is 4.79 Å². The van der Waals surface area contributed by atoms with E-state index in [0.717, 1.165) is 24.0 Å². The number of carbonyl (C=O) groups is 1. The zero-order chi connectivity index (χ0) is 21.6. The number of benzene rings is 1. The van der Waals surface area contributed by atoms with Crippen molar-refractivity contribution >= 4 is 20.4 Å². The van der Waals surface area contributed by atoms with Gasteiger partial charge in [0.15, 0.2) is 0 Å². The SMILES string of the molecule is CCOC(=O)/C=C1/C(=C/c2ccccc2)CCC1O[Si](C(C)C)(C(C)C)C(C)C. The Morgan fingerprint density at radius 3 is 2.17 bits per heavy atom. The summed E-state index contributed by atoms with van der Waals surface area (Å²) in [7, 11) is -2.05. The van der Waals surface area contributed by atoms with Gasteiger partial charge in [-0.15, -0.1) is 0 Å². The lowest BCUT2D eigenvalue weighted by atomic mass is 10.0. The van der Waals surface area contributed by atoms with E-state index in [1.165, 1.54) is 5.57 Å². The Kier molecular flexibility index (Phi) is 8.47. The van der Waals surface area contributed by atoms with E-state index in [0.29, 0.717) is 23.2 Å². The molecule has 0 aliphatic heterocycles. The molecule has 1 aliphatic rings. The highest BCUT2D eigenvalue weighted by Crippen LogP contribution is 2.46. The molecular weight excluding hydrogens is 376 g/mol. The Labute approximate surface area is 178 Å². The van der Waals surface area contributed by atoms with Gasteiger partial charge >= 0.3 is 5.97 Å². The second kappa shape index (κ2) is 10.4. The molecule has 0 amide bonds. The van der Waals surface area contributed by atoms with Crippen molar-refractivity contribution < 1.29 is 14.0 Å². The first-order valence-electron chi connectivity index (χ1n) is 11.0. The number of rotatable bonds is 8. The van der Waals surface area contributed by atoms with Gasteiger partial charge < -0.3 is 9.16 Å². The molecule has 29 heavy (non-hydrogen) atoms. The summed E-state index contributed by atoms with van der Waals surface area (Å²) in [5, 5.41) is 0. The molecule has 1 aromatic carbocycles. The molecule has 160 valence electrons. The third-order valence-corrected chi connectivity index (χ3v) is 12.3. The molecule has 1 atom stereocenters. The lowest BCUT2D eigenvalue weighted by Gasteiger charge is -2.44. The summed E-state index contributed by atoms with van der Waals surface area (Å²) >= 11 is 0. The monoisotopic (exact) mass is 414 g/mol. The molecular formula is C25H38O3Si. The van der Waals surface area contributed by atoms with E-state index in [-0.39, 0.29) is 12.1 Å². The number of esters is 1. The van der Waals surface area contributed by atoms with E-state index in [2.05, 4.69) is 59.8 Å². The van der Waals surface area contributed by atoms with Gasteiger partial charge in [-0.3, -0.25) is 0 Å². The maximum atomic E-state index is 12.3. The predicted molar refractivity (Wildman–Crippen MR) is 124 cm³/mol. The van der Waals surface area contributed by atoms with Crippen molar-refractivity contribution in [2.75, 3.05) is 6.61 Å². The first-order chi connectivity index (χ1) is 13.7. The lowest BCUT2D eigenvalue weighted by Crippen LogP contribution is -2.50. The third-order valence-electron chi connectivity index (χ3n) is 6.15. The fraction of sp³-hybridized carbons (Fsp3) is 0.560. The van der Waals surface area contributed by atoms with Gasteiger partial charge in [0, 0.05) is 6.08 Å². The van der Waals surface area contributed by atoms with Crippen LogP contribution >= 0.6 is 0 Å². The Bertz CT molecular complexity index is 710. The second-order valence-electron chi connectivity index (χ2n) is 8.89. The Balaban J connectivity index is 2.44. The summed E-state index contributed by atoms with van der Waals surface area (Å²) in [6.45, 7) is 16.0. The van der Waals surface area contributed by atoms with Gasteiger partial charge in [-0.25, -0.2) is 4.79 Å². The average molecular weight is 415 g/mol. The molecule has 1 aromatic rings. The summed E-state index contributed by atoms with van der Waals surface area (Å²) in [6, 6.07) is 10.3. The summed E-state index contributed by atoms with van der Waals surface area (Å²) < 4.78 is 12.3. The van der Waals surface area contributed by atoms with Crippen LogP contribution in [0.25, 0.3) is 6.08 Å². The zero-order valence-corrected chi connectivity index (χ0v) is 20.2.